The predicted octanol–water partition coefficient (Wildman–Crippen LogP) is 2.42. The largest absolute Gasteiger partial charge is 0.503 e. The maximum atomic E-state index is 11.8. The first-order chi connectivity index (χ1) is 9.54. The molecule has 20 heavy (non-hydrogen) atoms. The van der Waals surface area contributed by atoms with Gasteiger partial charge in [0.2, 0.25) is 5.43 Å². The van der Waals surface area contributed by atoms with Gasteiger partial charge in [-0.1, -0.05) is 12.5 Å². The van der Waals surface area contributed by atoms with E-state index in [4.69, 9.17) is 0 Å². The molecular weight excluding hydrogens is 252 g/mol. The zero-order chi connectivity index (χ0) is 14.7. The molecule has 1 atom stereocenters. The van der Waals surface area contributed by atoms with Gasteiger partial charge in [0, 0.05) is 30.9 Å². The molecule has 1 fully saturated rings. The van der Waals surface area contributed by atoms with Crippen LogP contribution in [0.4, 0.5) is 0 Å². The third kappa shape index (κ3) is 2.96. The number of hydrogen-bond acceptors (Lipinski definition) is 3. The molecule has 1 aromatic rings. The lowest BCUT2D eigenvalue weighted by atomic mass is 10.0. The van der Waals surface area contributed by atoms with Crippen LogP contribution in [0.2, 0.25) is 0 Å². The van der Waals surface area contributed by atoms with E-state index in [2.05, 4.69) is 18.4 Å². The molecule has 0 aliphatic carbocycles. The molecule has 0 spiro atoms. The van der Waals surface area contributed by atoms with Crippen LogP contribution in [0.15, 0.2) is 23.5 Å². The molecule has 0 aromatic carbocycles. The lowest BCUT2D eigenvalue weighted by Gasteiger charge is -2.34. The van der Waals surface area contributed by atoms with E-state index in [0.29, 0.717) is 24.8 Å². The van der Waals surface area contributed by atoms with E-state index in [1.54, 1.807) is 6.08 Å². The lowest BCUT2D eigenvalue weighted by Crippen LogP contribution is -2.38. The van der Waals surface area contributed by atoms with Gasteiger partial charge >= 0.3 is 0 Å². The number of aromatic hydroxyl groups is 1. The van der Waals surface area contributed by atoms with Crippen molar-refractivity contribution in [3.05, 3.63) is 40.3 Å². The Balaban J connectivity index is 2.38. The van der Waals surface area contributed by atoms with Crippen molar-refractivity contribution in [2.24, 2.45) is 0 Å². The van der Waals surface area contributed by atoms with E-state index in [9.17, 15) is 9.90 Å². The van der Waals surface area contributed by atoms with Gasteiger partial charge in [0.25, 0.3) is 0 Å². The quantitative estimate of drug-likeness (QED) is 0.859. The zero-order valence-electron chi connectivity index (χ0n) is 12.4. The summed E-state index contributed by atoms with van der Waals surface area (Å²) < 4.78 is 1.98. The summed E-state index contributed by atoms with van der Waals surface area (Å²) in [5.41, 5.74) is 1.29. The average molecular weight is 276 g/mol. The van der Waals surface area contributed by atoms with Gasteiger partial charge in [-0.2, -0.15) is 0 Å². The second-order valence-corrected chi connectivity index (χ2v) is 5.66. The van der Waals surface area contributed by atoms with Crippen LogP contribution in [-0.2, 0) is 13.1 Å². The molecule has 1 unspecified atom stereocenters. The van der Waals surface area contributed by atoms with Crippen LogP contribution in [0.5, 0.6) is 5.75 Å². The molecule has 2 heterocycles. The van der Waals surface area contributed by atoms with Crippen molar-refractivity contribution in [1.82, 2.24) is 9.47 Å². The van der Waals surface area contributed by atoms with Crippen LogP contribution < -0.4 is 5.43 Å². The van der Waals surface area contributed by atoms with Crippen molar-refractivity contribution in [2.75, 3.05) is 6.54 Å². The average Bonchev–Trinajstić information content (AvgIpc) is 2.42. The number of aryl methyl sites for hydroxylation is 1. The van der Waals surface area contributed by atoms with Gasteiger partial charge in [-0.05, 0) is 33.2 Å². The SMILES string of the molecule is C=CCn1c(C)cc(=O)c(O)c1CN1CCCCC1C. The molecule has 2 rings (SSSR count). The monoisotopic (exact) mass is 276 g/mol. The maximum Gasteiger partial charge on any atom is 0.223 e. The standard InChI is InChI=1S/C16H24N2O2/c1-4-8-18-13(3)10-15(19)16(20)14(18)11-17-9-6-5-7-12(17)2/h4,10,12,20H,1,5-9,11H2,2-3H3. The fraction of sp³-hybridized carbons (Fsp3) is 0.562. The summed E-state index contributed by atoms with van der Waals surface area (Å²) in [7, 11) is 0. The van der Waals surface area contributed by atoms with E-state index in [-0.39, 0.29) is 11.2 Å². The smallest absolute Gasteiger partial charge is 0.223 e. The third-order valence-corrected chi connectivity index (χ3v) is 4.20. The molecule has 0 radical (unpaired) electrons. The number of aromatic nitrogens is 1. The summed E-state index contributed by atoms with van der Waals surface area (Å²) in [6, 6.07) is 1.98. The minimum atomic E-state index is -0.289. The zero-order valence-corrected chi connectivity index (χ0v) is 12.4. The Morgan fingerprint density at radius 3 is 2.90 bits per heavy atom. The van der Waals surface area contributed by atoms with Crippen LogP contribution in [0, 0.1) is 6.92 Å². The molecular formula is C16H24N2O2. The molecule has 1 aromatic heterocycles. The van der Waals surface area contributed by atoms with Crippen LogP contribution in [0.3, 0.4) is 0 Å². The van der Waals surface area contributed by atoms with Crippen molar-refractivity contribution >= 4 is 0 Å². The van der Waals surface area contributed by atoms with E-state index in [1.807, 2.05) is 11.5 Å². The first kappa shape index (κ1) is 14.9. The second kappa shape index (κ2) is 6.27. The Bertz CT molecular complexity index is 548. The van der Waals surface area contributed by atoms with Crippen molar-refractivity contribution < 1.29 is 5.11 Å². The van der Waals surface area contributed by atoms with Crippen LogP contribution in [0.25, 0.3) is 0 Å². The maximum absolute atomic E-state index is 11.8. The van der Waals surface area contributed by atoms with E-state index in [1.165, 1.54) is 25.3 Å². The topological polar surface area (TPSA) is 45.5 Å². The van der Waals surface area contributed by atoms with E-state index < -0.39 is 0 Å². The minimum Gasteiger partial charge on any atom is -0.503 e. The summed E-state index contributed by atoms with van der Waals surface area (Å²) in [6.07, 6.45) is 5.41. The van der Waals surface area contributed by atoms with E-state index in [0.717, 1.165) is 12.2 Å². The number of nitrogens with zero attached hydrogens (tertiary/aromatic N) is 2. The number of allylic oxidation sites excluding steroid dienone is 1. The number of rotatable bonds is 4. The number of hydrogen-bond donors (Lipinski definition) is 1. The van der Waals surface area contributed by atoms with Gasteiger partial charge in [0.15, 0.2) is 5.75 Å². The molecule has 4 heteroatoms. The molecule has 1 N–H and O–H groups in total. The van der Waals surface area contributed by atoms with Crippen molar-refractivity contribution in [1.29, 1.82) is 0 Å². The number of piperidine rings is 1. The number of likely N-dealkylation sites (tertiary alicyclic amines) is 1. The predicted molar refractivity (Wildman–Crippen MR) is 81.0 cm³/mol. The Labute approximate surface area is 120 Å². The van der Waals surface area contributed by atoms with Crippen molar-refractivity contribution in [2.45, 2.75) is 52.2 Å². The van der Waals surface area contributed by atoms with Crippen LogP contribution in [0.1, 0.15) is 37.6 Å². The Morgan fingerprint density at radius 2 is 2.25 bits per heavy atom. The highest BCUT2D eigenvalue weighted by molar-refractivity contribution is 5.30. The Morgan fingerprint density at radius 1 is 1.50 bits per heavy atom. The molecule has 1 aliphatic rings. The third-order valence-electron chi connectivity index (χ3n) is 4.20. The fourth-order valence-electron chi connectivity index (χ4n) is 2.95. The summed E-state index contributed by atoms with van der Waals surface area (Å²) in [5, 5.41) is 10.2. The Kier molecular flexibility index (Phi) is 4.65. The highest BCUT2D eigenvalue weighted by Crippen LogP contribution is 2.23. The second-order valence-electron chi connectivity index (χ2n) is 5.66. The Hall–Kier alpha value is -1.55. The van der Waals surface area contributed by atoms with Crippen molar-refractivity contribution in [3.63, 3.8) is 0 Å². The highest BCUT2D eigenvalue weighted by Gasteiger charge is 2.22. The molecule has 0 saturated carbocycles. The van der Waals surface area contributed by atoms with E-state index >= 15 is 0 Å². The fourth-order valence-corrected chi connectivity index (χ4v) is 2.95. The summed E-state index contributed by atoms with van der Waals surface area (Å²) in [6.45, 7) is 10.1. The molecule has 110 valence electrons. The molecule has 0 bridgehead atoms. The van der Waals surface area contributed by atoms with Gasteiger partial charge in [-0.15, -0.1) is 6.58 Å². The minimum absolute atomic E-state index is 0.116. The summed E-state index contributed by atoms with van der Waals surface area (Å²) >= 11 is 0. The summed E-state index contributed by atoms with van der Waals surface area (Å²) in [5.74, 6) is -0.116. The van der Waals surface area contributed by atoms with Gasteiger partial charge in [-0.3, -0.25) is 9.69 Å². The first-order valence-electron chi connectivity index (χ1n) is 7.31. The van der Waals surface area contributed by atoms with Crippen LogP contribution >= 0.6 is 0 Å². The van der Waals surface area contributed by atoms with Gasteiger partial charge in [-0.25, -0.2) is 0 Å². The first-order valence-corrected chi connectivity index (χ1v) is 7.31. The van der Waals surface area contributed by atoms with Crippen LogP contribution in [-0.4, -0.2) is 27.2 Å². The molecule has 1 aliphatic heterocycles. The van der Waals surface area contributed by atoms with Gasteiger partial charge < -0.3 is 9.67 Å². The molecule has 4 nitrogen and oxygen atoms in total. The van der Waals surface area contributed by atoms with Gasteiger partial charge in [0.05, 0.1) is 5.69 Å². The normalized spacial score (nSPS) is 20.0. The lowest BCUT2D eigenvalue weighted by molar-refractivity contribution is 0.147. The summed E-state index contributed by atoms with van der Waals surface area (Å²) in [4.78, 5) is 14.2. The van der Waals surface area contributed by atoms with Crippen molar-refractivity contribution in [3.8, 4) is 5.75 Å². The highest BCUT2D eigenvalue weighted by atomic mass is 16.3. The van der Waals surface area contributed by atoms with Gasteiger partial charge in [0.1, 0.15) is 0 Å². The molecule has 1 saturated heterocycles. The number of pyridine rings is 1. The molecule has 0 amide bonds.